The molecule has 8 aromatic carbocycles. The summed E-state index contributed by atoms with van der Waals surface area (Å²) in [4.78, 5) is 19.9. The first-order valence-corrected chi connectivity index (χ1v) is 38.0. The van der Waals surface area contributed by atoms with Crippen molar-refractivity contribution in [3.05, 3.63) is 214 Å². The van der Waals surface area contributed by atoms with E-state index in [2.05, 4.69) is 193 Å². The highest BCUT2D eigenvalue weighted by atomic mass is 31.2. The number of benzene rings is 8. The van der Waals surface area contributed by atoms with Gasteiger partial charge in [-0.25, -0.2) is 9.98 Å². The van der Waals surface area contributed by atoms with Crippen LogP contribution in [-0.4, -0.2) is 51.1 Å². The molecule has 1 N–H and O–H groups in total. The van der Waals surface area contributed by atoms with Gasteiger partial charge in [0.2, 0.25) is 11.9 Å². The topological polar surface area (TPSA) is 120 Å². The minimum atomic E-state index is -4.43. The number of nitrogens with zero attached hydrogens (tertiary/aromatic N) is 6. The smallest absolute Gasteiger partial charge is 0.352 e. The van der Waals surface area contributed by atoms with Crippen LogP contribution < -0.4 is 29.5 Å². The van der Waals surface area contributed by atoms with E-state index in [1.54, 1.807) is 0 Å². The molecule has 14 heteroatoms. The molecule has 5 atom stereocenters. The van der Waals surface area contributed by atoms with E-state index in [1.165, 1.54) is 0 Å². The number of ether oxygens (including phenoxy) is 1. The van der Waals surface area contributed by atoms with Crippen molar-refractivity contribution < 1.29 is 28.0 Å². The molecule has 0 amide bonds. The third-order valence-corrected chi connectivity index (χ3v) is 25.6. The maximum Gasteiger partial charge on any atom is 0.352 e. The average molecular weight is 1310 g/mol. The van der Waals surface area contributed by atoms with Crippen molar-refractivity contribution in [2.75, 3.05) is 22.9 Å². The fourth-order valence-electron chi connectivity index (χ4n) is 15.2. The highest BCUT2D eigenvalue weighted by Crippen LogP contribution is 2.73. The lowest BCUT2D eigenvalue weighted by molar-refractivity contribution is -0.137. The van der Waals surface area contributed by atoms with Gasteiger partial charge in [0.1, 0.15) is 11.5 Å². The van der Waals surface area contributed by atoms with Gasteiger partial charge < -0.3 is 18.9 Å². The second kappa shape index (κ2) is 25.4. The number of hydrogen-bond donors (Lipinski definition) is 1. The van der Waals surface area contributed by atoms with Gasteiger partial charge in [-0.1, -0.05) is 255 Å². The van der Waals surface area contributed by atoms with Crippen molar-refractivity contribution in [3.63, 3.8) is 0 Å². The Kier molecular flexibility index (Phi) is 17.6. The zero-order chi connectivity index (χ0) is 67.2. The van der Waals surface area contributed by atoms with Crippen LogP contribution in [-0.2, 0) is 13.9 Å². The van der Waals surface area contributed by atoms with Crippen LogP contribution in [0.5, 0.6) is 11.5 Å². The SMILES string of the molecule is CC(C)c1cccc(C(C)C)c1N=C1N(CCCCCCN2C(=Nc3c(C(C)C)cccc3C(C)C)N3c4c(C(C)C)cccc4C(C)OC23P2(=O)Oc3ccccc3-c3ccccc32)C(O)(P2(=O)Oc3ccccc3-c3ccccc32)N1c1c(C(C)C)cccc1C(C)C. The standard InChI is InChI=1S/C81H94N6O6P2/c1-50(2)58-36-28-37-59(51(3)4)74(58)82-78-84(80(88,86(78)76-62(54(9)10)40-30-41-63(76)55(11)12)94(89)72-46-24-20-34-68(72)66-32-18-22-44-70(66)92-94)48-26-16-17-27-49-85-79(83-75-60(52(5)6)38-29-39-61(75)53(7)8)87-77-64(56(13)14)42-31-43-65(77)57(15)91-81(85,87)95(90)73-47-25-21-35-69(73)67-33-19-23-45-71(67)93-95/h18-25,28-47,50-57,88H,16-17,26-27,48-49H2,1-15H3. The molecule has 12 nitrogen and oxygen atoms in total. The van der Waals surface area contributed by atoms with E-state index in [0.29, 0.717) is 59.8 Å². The summed E-state index contributed by atoms with van der Waals surface area (Å²) in [5.41, 5.74) is 11.5. The minimum Gasteiger partial charge on any atom is -0.435 e. The maximum atomic E-state index is 17.5. The first-order chi connectivity index (χ1) is 45.5. The van der Waals surface area contributed by atoms with Crippen molar-refractivity contribution >= 4 is 60.0 Å². The van der Waals surface area contributed by atoms with Gasteiger partial charge in [-0.05, 0) is 136 Å². The molecule has 0 bridgehead atoms. The quantitative estimate of drug-likeness (QED) is 0.0619. The second-order valence-electron chi connectivity index (χ2n) is 28.7. The number of guanidine groups is 2. The van der Waals surface area contributed by atoms with Crippen molar-refractivity contribution in [2.24, 2.45) is 9.98 Å². The molecule has 5 unspecified atom stereocenters. The van der Waals surface area contributed by atoms with Gasteiger partial charge in [0.25, 0.3) is 0 Å². The molecule has 8 aromatic rings. The molecule has 2 saturated heterocycles. The largest absolute Gasteiger partial charge is 0.435 e. The Morgan fingerprint density at radius 3 is 1.22 bits per heavy atom. The Bertz CT molecular complexity index is 4340. The second-order valence-corrected chi connectivity index (χ2v) is 33.4. The van der Waals surface area contributed by atoms with Crippen molar-refractivity contribution in [1.29, 1.82) is 0 Å². The average Bonchev–Trinajstić information content (AvgIpc) is 0.666. The predicted octanol–water partition coefficient (Wildman–Crippen LogP) is 21.1. The summed E-state index contributed by atoms with van der Waals surface area (Å²) in [6, 6.07) is 57.1. The molecule has 95 heavy (non-hydrogen) atoms. The normalized spacial score (nSPS) is 22.6. The molecule has 5 heterocycles. The number of para-hydroxylation sites is 6. The number of hydrogen-bond acceptors (Lipinski definition) is 8. The highest BCUT2D eigenvalue weighted by Gasteiger charge is 2.75. The van der Waals surface area contributed by atoms with E-state index in [0.717, 1.165) is 95.9 Å². The number of fused-ring (bicyclic) bond motifs is 9. The molecular formula is C81H94N6O6P2. The van der Waals surface area contributed by atoms with Crippen LogP contribution in [0.2, 0.25) is 0 Å². The minimum absolute atomic E-state index is 0.0205. The van der Waals surface area contributed by atoms with E-state index in [4.69, 9.17) is 23.8 Å². The first-order valence-electron chi connectivity index (χ1n) is 34.7. The summed E-state index contributed by atoms with van der Waals surface area (Å²) in [7, 11) is -8.63. The fraction of sp³-hybridized carbons (Fsp3) is 0.383. The summed E-state index contributed by atoms with van der Waals surface area (Å²) in [5.74, 6) is 2.88. The Morgan fingerprint density at radius 1 is 0.411 bits per heavy atom. The van der Waals surface area contributed by atoms with E-state index < -0.39 is 32.0 Å². The molecule has 0 saturated carbocycles. The lowest BCUT2D eigenvalue weighted by Gasteiger charge is -2.65. The Balaban J connectivity index is 0.939. The van der Waals surface area contributed by atoms with E-state index in [9.17, 15) is 5.11 Å². The summed E-state index contributed by atoms with van der Waals surface area (Å²) in [6.07, 6.45) is 2.17. The van der Waals surface area contributed by atoms with Gasteiger partial charge >= 0.3 is 25.9 Å². The van der Waals surface area contributed by atoms with Gasteiger partial charge in [0, 0.05) is 29.8 Å². The van der Waals surface area contributed by atoms with Gasteiger partial charge in [0.05, 0.1) is 39.5 Å². The lowest BCUT2D eigenvalue weighted by Crippen LogP contribution is -2.81. The molecule has 494 valence electrons. The fourth-order valence-corrected chi connectivity index (χ4v) is 21.0. The van der Waals surface area contributed by atoms with E-state index >= 15 is 9.13 Å². The highest BCUT2D eigenvalue weighted by molar-refractivity contribution is 7.70. The summed E-state index contributed by atoms with van der Waals surface area (Å²) < 4.78 is 56.7. The van der Waals surface area contributed by atoms with Gasteiger partial charge in [-0.3, -0.25) is 28.7 Å². The predicted molar refractivity (Wildman–Crippen MR) is 392 cm³/mol. The van der Waals surface area contributed by atoms with Crippen LogP contribution in [0.15, 0.2) is 180 Å². The summed E-state index contributed by atoms with van der Waals surface area (Å²) in [6.45, 7) is 33.6. The monoisotopic (exact) mass is 1310 g/mol. The third-order valence-electron chi connectivity index (χ3n) is 20.1. The first kappa shape index (κ1) is 65.9. The zero-order valence-corrected chi connectivity index (χ0v) is 59.9. The van der Waals surface area contributed by atoms with Crippen molar-refractivity contribution in [1.82, 2.24) is 9.80 Å². The number of rotatable bonds is 19. The number of anilines is 2. The van der Waals surface area contributed by atoms with Crippen LogP contribution in [0.3, 0.4) is 0 Å². The van der Waals surface area contributed by atoms with Gasteiger partial charge in [-0.2, -0.15) is 0 Å². The van der Waals surface area contributed by atoms with Crippen molar-refractivity contribution in [3.8, 4) is 33.8 Å². The van der Waals surface area contributed by atoms with Crippen molar-refractivity contribution in [2.45, 2.75) is 188 Å². The Hall–Kier alpha value is -7.72. The number of aliphatic imine (C=N–C) groups is 2. The molecule has 2 fully saturated rings. The summed E-state index contributed by atoms with van der Waals surface area (Å²) in [5, 5.41) is 15.8. The number of unbranched alkanes of at least 4 members (excludes halogenated alkanes) is 3. The molecule has 5 aliphatic rings. The molecule has 5 aliphatic heterocycles. The van der Waals surface area contributed by atoms with Crippen LogP contribution >= 0.6 is 14.7 Å². The number of aliphatic hydroxyl groups is 1. The van der Waals surface area contributed by atoms with Crippen LogP contribution in [0, 0.1) is 0 Å². The van der Waals surface area contributed by atoms with E-state index in [1.807, 2.05) is 101 Å². The molecule has 0 spiro atoms. The molecule has 0 radical (unpaired) electrons. The molecule has 0 aliphatic carbocycles. The third kappa shape index (κ3) is 10.4. The molecule has 0 aromatic heterocycles. The lowest BCUT2D eigenvalue weighted by atomic mass is 9.91. The molecular weight excluding hydrogens is 1210 g/mol. The Morgan fingerprint density at radius 2 is 0.768 bits per heavy atom. The van der Waals surface area contributed by atoms with Crippen LogP contribution in [0.1, 0.15) is 222 Å². The maximum absolute atomic E-state index is 17.5. The summed E-state index contributed by atoms with van der Waals surface area (Å²) >= 11 is 0. The Labute approximate surface area is 564 Å². The zero-order valence-electron chi connectivity index (χ0n) is 58.1. The molecule has 13 rings (SSSR count). The van der Waals surface area contributed by atoms with Gasteiger partial charge in [0.15, 0.2) is 0 Å². The van der Waals surface area contributed by atoms with E-state index in [-0.39, 0.29) is 48.0 Å². The van der Waals surface area contributed by atoms with Gasteiger partial charge in [-0.15, -0.1) is 0 Å². The van der Waals surface area contributed by atoms with Crippen LogP contribution in [0.25, 0.3) is 22.3 Å². The van der Waals surface area contributed by atoms with Crippen LogP contribution in [0.4, 0.5) is 22.7 Å².